The molecule has 0 spiro atoms. The number of thiocarbonyl (C=S) groups is 1. The van der Waals surface area contributed by atoms with Gasteiger partial charge in [-0.3, -0.25) is 0 Å². The molecule has 3 aromatic carbocycles. The number of rotatable bonds is 6. The fourth-order valence-corrected chi connectivity index (χ4v) is 4.91. The van der Waals surface area contributed by atoms with E-state index in [2.05, 4.69) is 96.9 Å². The van der Waals surface area contributed by atoms with Gasteiger partial charge < -0.3 is 10.2 Å². The maximum absolute atomic E-state index is 6.20. The molecule has 0 saturated carbocycles. The van der Waals surface area contributed by atoms with Crippen LogP contribution in [0.15, 0.2) is 72.8 Å². The van der Waals surface area contributed by atoms with Crippen molar-refractivity contribution in [2.75, 3.05) is 17.3 Å². The first kappa shape index (κ1) is 21.6. The smallest absolute Gasteiger partial charge is 0.0902 e. The second-order valence-electron chi connectivity index (χ2n) is 8.76. The van der Waals surface area contributed by atoms with Crippen molar-refractivity contribution in [3.05, 3.63) is 95.1 Å². The zero-order chi connectivity index (χ0) is 21.8. The average Bonchev–Trinajstić information content (AvgIpc) is 2.82. The average molecular weight is 429 g/mol. The molecule has 4 rings (SSSR count). The van der Waals surface area contributed by atoms with Crippen LogP contribution in [-0.4, -0.2) is 12.0 Å². The van der Waals surface area contributed by atoms with E-state index in [-0.39, 0.29) is 0 Å². The number of nitrogens with one attached hydrogen (secondary N) is 1. The number of hydrogen-bond acceptors (Lipinski definition) is 2. The van der Waals surface area contributed by atoms with Crippen LogP contribution in [0.25, 0.3) is 0 Å². The minimum absolute atomic E-state index is 0.293. The fraction of sp³-hybridized carbons (Fsp3) is 0.321. The normalized spacial score (nSPS) is 15.4. The van der Waals surface area contributed by atoms with Crippen LogP contribution >= 0.6 is 12.2 Å². The van der Waals surface area contributed by atoms with Crippen LogP contribution in [0, 0.1) is 0 Å². The summed E-state index contributed by atoms with van der Waals surface area (Å²) in [5, 5.41) is 3.20. The van der Waals surface area contributed by atoms with Crippen LogP contribution in [-0.2, 0) is 13.0 Å². The number of nitrogens with zero attached hydrogens (tertiary/aromatic N) is 1. The Bertz CT molecular complexity index is 1020. The van der Waals surface area contributed by atoms with E-state index in [1.54, 1.807) is 0 Å². The Hall–Kier alpha value is -2.65. The number of fused-ring (bicyclic) bond motifs is 1. The summed E-state index contributed by atoms with van der Waals surface area (Å²) in [5.74, 6) is 0.815. The molecular weight excluding hydrogens is 396 g/mol. The zero-order valence-electron chi connectivity index (χ0n) is 18.8. The zero-order valence-corrected chi connectivity index (χ0v) is 19.6. The lowest BCUT2D eigenvalue weighted by Crippen LogP contribution is -2.34. The second-order valence-corrected chi connectivity index (χ2v) is 9.18. The minimum atomic E-state index is 0.293. The van der Waals surface area contributed by atoms with Gasteiger partial charge in [0.2, 0.25) is 0 Å². The first-order valence-corrected chi connectivity index (χ1v) is 11.7. The molecule has 1 aliphatic rings. The molecule has 1 N–H and O–H groups in total. The van der Waals surface area contributed by atoms with Gasteiger partial charge in [0.25, 0.3) is 0 Å². The lowest BCUT2D eigenvalue weighted by molar-refractivity contribution is 0.646. The predicted octanol–water partition coefficient (Wildman–Crippen LogP) is 7.31. The Kier molecular flexibility index (Phi) is 6.72. The SMILES string of the molecule is CNc1ccc(CN(C(=S)C2CCCc3ccccc32)c2ccc(C(C)C)cc2)cc1. The van der Waals surface area contributed by atoms with Gasteiger partial charge in [0.15, 0.2) is 0 Å². The predicted molar refractivity (Wildman–Crippen MR) is 137 cm³/mol. The van der Waals surface area contributed by atoms with Gasteiger partial charge in [-0.25, -0.2) is 0 Å². The van der Waals surface area contributed by atoms with Crippen molar-refractivity contribution in [3.8, 4) is 0 Å². The Labute approximate surface area is 192 Å². The molecule has 0 fully saturated rings. The van der Waals surface area contributed by atoms with Crippen LogP contribution in [0.1, 0.15) is 60.8 Å². The van der Waals surface area contributed by atoms with Gasteiger partial charge in [-0.1, -0.05) is 74.6 Å². The summed E-state index contributed by atoms with van der Waals surface area (Å²) < 4.78 is 0. The topological polar surface area (TPSA) is 15.3 Å². The first-order chi connectivity index (χ1) is 15.1. The second kappa shape index (κ2) is 9.65. The summed E-state index contributed by atoms with van der Waals surface area (Å²) in [6, 6.07) is 26.4. The van der Waals surface area contributed by atoms with Crippen molar-refractivity contribution in [1.29, 1.82) is 0 Å². The molecular formula is C28H32N2S. The number of anilines is 2. The van der Waals surface area contributed by atoms with Crippen molar-refractivity contribution >= 4 is 28.6 Å². The quantitative estimate of drug-likeness (QED) is 0.415. The van der Waals surface area contributed by atoms with E-state index in [1.807, 2.05) is 7.05 Å². The largest absolute Gasteiger partial charge is 0.388 e. The van der Waals surface area contributed by atoms with Crippen molar-refractivity contribution in [1.82, 2.24) is 0 Å². The molecule has 31 heavy (non-hydrogen) atoms. The van der Waals surface area contributed by atoms with Gasteiger partial charge in [0, 0.05) is 30.9 Å². The summed E-state index contributed by atoms with van der Waals surface area (Å²) >= 11 is 6.20. The molecule has 0 heterocycles. The van der Waals surface area contributed by atoms with Crippen molar-refractivity contribution in [2.24, 2.45) is 0 Å². The standard InChI is InChI=1S/C28H32N2S/c1-20(2)22-13-17-25(18-14-22)30(19-21-11-15-24(29-3)16-12-21)28(31)27-10-6-8-23-7-4-5-9-26(23)27/h4-5,7,9,11-18,20,27,29H,6,8,10,19H2,1-3H3. The van der Waals surface area contributed by atoms with Crippen molar-refractivity contribution in [3.63, 3.8) is 0 Å². The van der Waals surface area contributed by atoms with Crippen LogP contribution in [0.3, 0.4) is 0 Å². The third-order valence-corrected chi connectivity index (χ3v) is 6.89. The molecule has 0 amide bonds. The van der Waals surface area contributed by atoms with Gasteiger partial charge in [-0.2, -0.15) is 0 Å². The van der Waals surface area contributed by atoms with E-state index in [0.29, 0.717) is 11.8 Å². The lowest BCUT2D eigenvalue weighted by Gasteiger charge is -2.34. The van der Waals surface area contributed by atoms with E-state index < -0.39 is 0 Å². The Balaban J connectivity index is 1.68. The molecule has 3 aromatic rings. The van der Waals surface area contributed by atoms with Crippen LogP contribution in [0.2, 0.25) is 0 Å². The molecule has 0 aliphatic heterocycles. The van der Waals surface area contributed by atoms with Crippen molar-refractivity contribution in [2.45, 2.75) is 51.5 Å². The Morgan fingerprint density at radius 1 is 1.00 bits per heavy atom. The Morgan fingerprint density at radius 2 is 1.71 bits per heavy atom. The van der Waals surface area contributed by atoms with E-state index in [1.165, 1.54) is 34.4 Å². The van der Waals surface area contributed by atoms with Gasteiger partial charge in [-0.15, -0.1) is 0 Å². The van der Waals surface area contributed by atoms with Gasteiger partial charge in [-0.05, 0) is 71.7 Å². The number of hydrogen-bond donors (Lipinski definition) is 1. The first-order valence-electron chi connectivity index (χ1n) is 11.3. The maximum atomic E-state index is 6.20. The summed E-state index contributed by atoms with van der Waals surface area (Å²) in [4.78, 5) is 3.38. The van der Waals surface area contributed by atoms with Crippen molar-refractivity contribution < 1.29 is 0 Å². The molecule has 0 aromatic heterocycles. The molecule has 2 nitrogen and oxygen atoms in total. The molecule has 0 saturated heterocycles. The highest BCUT2D eigenvalue weighted by molar-refractivity contribution is 7.80. The highest BCUT2D eigenvalue weighted by Gasteiger charge is 2.27. The third-order valence-electron chi connectivity index (χ3n) is 6.39. The maximum Gasteiger partial charge on any atom is 0.0902 e. The molecule has 0 radical (unpaired) electrons. The van der Waals surface area contributed by atoms with Crippen LogP contribution in [0.4, 0.5) is 11.4 Å². The minimum Gasteiger partial charge on any atom is -0.388 e. The third kappa shape index (κ3) is 4.83. The van der Waals surface area contributed by atoms with Gasteiger partial charge >= 0.3 is 0 Å². The summed E-state index contributed by atoms with van der Waals surface area (Å²) in [6.07, 6.45) is 3.47. The number of aryl methyl sites for hydroxylation is 1. The van der Waals surface area contributed by atoms with Gasteiger partial charge in [0.05, 0.1) is 4.99 Å². The molecule has 1 atom stereocenters. The summed E-state index contributed by atoms with van der Waals surface area (Å²) in [6.45, 7) is 5.25. The van der Waals surface area contributed by atoms with E-state index in [0.717, 1.165) is 30.1 Å². The van der Waals surface area contributed by atoms with E-state index in [9.17, 15) is 0 Å². The highest BCUT2D eigenvalue weighted by Crippen LogP contribution is 2.35. The van der Waals surface area contributed by atoms with Crippen LogP contribution in [0.5, 0.6) is 0 Å². The van der Waals surface area contributed by atoms with E-state index in [4.69, 9.17) is 12.2 Å². The Morgan fingerprint density at radius 3 is 2.39 bits per heavy atom. The molecule has 160 valence electrons. The monoisotopic (exact) mass is 428 g/mol. The molecule has 0 bridgehead atoms. The highest BCUT2D eigenvalue weighted by atomic mass is 32.1. The fourth-order valence-electron chi connectivity index (χ4n) is 4.49. The van der Waals surface area contributed by atoms with Crippen LogP contribution < -0.4 is 10.2 Å². The molecule has 1 unspecified atom stereocenters. The number of benzene rings is 3. The lowest BCUT2D eigenvalue weighted by atomic mass is 9.82. The summed E-state index contributed by atoms with van der Waals surface area (Å²) in [5.41, 5.74) is 7.78. The molecule has 1 aliphatic carbocycles. The van der Waals surface area contributed by atoms with E-state index >= 15 is 0 Å². The van der Waals surface area contributed by atoms with Gasteiger partial charge in [0.1, 0.15) is 0 Å². The summed E-state index contributed by atoms with van der Waals surface area (Å²) in [7, 11) is 1.95. The molecule has 3 heteroatoms.